The first-order valence-corrected chi connectivity index (χ1v) is 41.0. The third-order valence-electron chi connectivity index (χ3n) is 9.59. The van der Waals surface area contributed by atoms with E-state index < -0.39 is 15.4 Å². The minimum Gasteiger partial charge on any atom is -0.147 e. The molecule has 0 N–H and O–H groups in total. The van der Waals surface area contributed by atoms with Gasteiger partial charge in [-0.05, 0) is 0 Å². The van der Waals surface area contributed by atoms with Crippen LogP contribution >= 0.6 is 24.8 Å². The van der Waals surface area contributed by atoms with Gasteiger partial charge in [-0.2, -0.15) is 0 Å². The summed E-state index contributed by atoms with van der Waals surface area (Å²) in [4.78, 5) is 0. The Balaban J connectivity index is 0.00000202. The Morgan fingerprint density at radius 3 is 1.21 bits per heavy atom. The molecule has 6 rings (SSSR count). The van der Waals surface area contributed by atoms with E-state index in [1.807, 2.05) is 0 Å². The van der Waals surface area contributed by atoms with Crippen molar-refractivity contribution in [2.24, 2.45) is 11.8 Å². The summed E-state index contributed by atoms with van der Waals surface area (Å²) in [5, 5.41) is 0. The standard InChI is InChI=1S/2C18H17.2CH3.2ClH.GeH2.Hf/c2*1-13(2)16-11-15-9-6-10-17(18(15)12-16)14-7-4-3-5-8-14;;;;;;/h2*3-13H,1-2H3;2*1H3;2*1H;1H2;. The molecule has 2 unspecified atom stereocenters. The molecule has 2 atom stereocenters. The van der Waals surface area contributed by atoms with Crippen molar-refractivity contribution in [3.05, 3.63) is 130 Å². The van der Waals surface area contributed by atoms with E-state index in [-0.39, 0.29) is 24.8 Å². The fourth-order valence-electron chi connectivity index (χ4n) is 7.87. The number of allylic oxidation sites excluding steroid dienone is 2. The molecule has 0 aliphatic heterocycles. The van der Waals surface area contributed by atoms with Crippen molar-refractivity contribution in [1.82, 2.24) is 0 Å². The Hall–Kier alpha value is -1.65. The molecule has 42 heavy (non-hydrogen) atoms. The quantitative estimate of drug-likeness (QED) is 0.170. The maximum absolute atomic E-state index is 3.72. The maximum Gasteiger partial charge on any atom is -0.147 e. The summed E-state index contributed by atoms with van der Waals surface area (Å²) in [5.41, 5.74) is 15.0. The molecule has 4 aromatic rings. The second-order valence-electron chi connectivity index (χ2n) is 13.7. The molecule has 0 saturated heterocycles. The molecule has 4 aromatic carbocycles. The van der Waals surface area contributed by atoms with Crippen LogP contribution in [0.25, 0.3) is 34.4 Å². The zero-order valence-corrected chi connectivity index (χ0v) is 33.9. The van der Waals surface area contributed by atoms with Gasteiger partial charge in [0, 0.05) is 0 Å². The first kappa shape index (κ1) is 33.3. The van der Waals surface area contributed by atoms with Crippen LogP contribution in [-0.4, -0.2) is 12.2 Å². The molecule has 2 aliphatic carbocycles. The Bertz CT molecular complexity index is 1600. The summed E-state index contributed by atoms with van der Waals surface area (Å²) in [7, 11) is 0. The zero-order valence-electron chi connectivity index (χ0n) is 25.7. The van der Waals surface area contributed by atoms with Crippen molar-refractivity contribution in [1.29, 1.82) is 0 Å². The van der Waals surface area contributed by atoms with Gasteiger partial charge in [0.25, 0.3) is 0 Å². The SMILES string of the molecule is CC(C)C1=Cc2c(-c3ccccc3)cccc2[CH]1[Hf]([CH3])([CH3])(=[GeH2])[CH]1C(C(C)C)=Cc2c(-c3ccccc3)cccc21.Cl.Cl. The van der Waals surface area contributed by atoms with Crippen LogP contribution in [0.3, 0.4) is 0 Å². The van der Waals surface area contributed by atoms with E-state index in [4.69, 9.17) is 0 Å². The van der Waals surface area contributed by atoms with Gasteiger partial charge in [0.2, 0.25) is 0 Å². The van der Waals surface area contributed by atoms with Crippen LogP contribution in [0.4, 0.5) is 0 Å². The summed E-state index contributed by atoms with van der Waals surface area (Å²) >= 11 is -2.29. The van der Waals surface area contributed by atoms with Crippen molar-refractivity contribution in [2.75, 3.05) is 0 Å². The summed E-state index contributed by atoms with van der Waals surface area (Å²) in [5.74, 6) is 1.07. The van der Waals surface area contributed by atoms with Crippen LogP contribution in [0.15, 0.2) is 108 Å². The minimum atomic E-state index is -3.72. The Labute approximate surface area is 271 Å². The second-order valence-corrected chi connectivity index (χ2v) is 77.3. The van der Waals surface area contributed by atoms with Crippen molar-refractivity contribution in [3.63, 3.8) is 0 Å². The molecule has 0 nitrogen and oxygen atoms in total. The van der Waals surface area contributed by atoms with Gasteiger partial charge in [-0.1, -0.05) is 0 Å². The summed E-state index contributed by atoms with van der Waals surface area (Å²) in [6.45, 7) is 9.70. The average Bonchev–Trinajstić information content (AvgIpc) is 3.55. The smallest absolute Gasteiger partial charge is 0.147 e. The fourth-order valence-corrected chi connectivity index (χ4v) is 44.7. The van der Waals surface area contributed by atoms with Gasteiger partial charge in [0.15, 0.2) is 0 Å². The van der Waals surface area contributed by atoms with E-state index in [2.05, 4.69) is 146 Å². The van der Waals surface area contributed by atoms with Gasteiger partial charge in [-0.3, -0.25) is 0 Å². The number of hydrogen-bond acceptors (Lipinski definition) is 0. The number of rotatable bonds is 6. The number of hydrogen-bond donors (Lipinski definition) is 0. The minimum absolute atomic E-state index is 0. The van der Waals surface area contributed by atoms with Crippen molar-refractivity contribution >= 4 is 49.2 Å². The van der Waals surface area contributed by atoms with E-state index >= 15 is 0 Å². The molecular weight excluding hydrogens is 778 g/mol. The molecule has 2 aliphatic rings. The topological polar surface area (TPSA) is 0 Å². The Morgan fingerprint density at radius 1 is 0.524 bits per heavy atom. The van der Waals surface area contributed by atoms with Gasteiger partial charge in [-0.15, -0.1) is 24.8 Å². The third kappa shape index (κ3) is 5.53. The number of halogens is 2. The number of fused-ring (bicyclic) bond motifs is 2. The first-order valence-electron chi connectivity index (χ1n) is 14.9. The molecule has 0 saturated carbocycles. The first-order chi connectivity index (χ1) is 19.1. The molecular formula is C38H44Cl2GeHf. The molecule has 0 bridgehead atoms. The molecule has 0 aromatic heterocycles. The van der Waals surface area contributed by atoms with Gasteiger partial charge >= 0.3 is 249 Å². The van der Waals surface area contributed by atoms with Crippen molar-refractivity contribution < 1.29 is 15.4 Å². The molecule has 0 radical (unpaired) electrons. The molecule has 0 heterocycles. The van der Waals surface area contributed by atoms with Crippen LogP contribution < -0.4 is 0 Å². The van der Waals surface area contributed by atoms with Gasteiger partial charge in [0.05, 0.1) is 0 Å². The van der Waals surface area contributed by atoms with E-state index in [9.17, 15) is 0 Å². The van der Waals surface area contributed by atoms with Crippen LogP contribution in [0.5, 0.6) is 0 Å². The van der Waals surface area contributed by atoms with Gasteiger partial charge < -0.3 is 0 Å². The van der Waals surface area contributed by atoms with Gasteiger partial charge in [0.1, 0.15) is 0 Å². The summed E-state index contributed by atoms with van der Waals surface area (Å²) in [6.07, 6.45) is 5.22. The normalized spacial score (nSPS) is 17.6. The Kier molecular flexibility index (Phi) is 9.81. The Morgan fingerprint density at radius 2 is 0.881 bits per heavy atom. The van der Waals surface area contributed by atoms with Crippen molar-refractivity contribution in [2.45, 2.75) is 44.4 Å². The van der Waals surface area contributed by atoms with E-state index in [1.54, 1.807) is 22.3 Å². The second kappa shape index (κ2) is 12.4. The zero-order chi connectivity index (χ0) is 28.3. The van der Waals surface area contributed by atoms with Crippen LogP contribution in [0, 0.1) is 11.8 Å². The molecule has 0 amide bonds. The van der Waals surface area contributed by atoms with Crippen LogP contribution in [0.2, 0.25) is 9.36 Å². The summed E-state index contributed by atoms with van der Waals surface area (Å²) < 4.78 is 6.81. The summed E-state index contributed by atoms with van der Waals surface area (Å²) in [6, 6.07) is 36.3. The molecule has 0 spiro atoms. The fraction of sp³-hybridized carbons (Fsp3) is 0.263. The molecule has 0 fully saturated rings. The van der Waals surface area contributed by atoms with E-state index in [0.717, 1.165) is 0 Å². The monoisotopic (exact) mass is 824 g/mol. The van der Waals surface area contributed by atoms with Crippen LogP contribution in [-0.2, 0) is 15.4 Å². The predicted octanol–water partition coefficient (Wildman–Crippen LogP) is 11.1. The number of benzene rings is 4. The maximum atomic E-state index is 2.83. The largest absolute Gasteiger partial charge is 0.147 e. The average molecular weight is 823 g/mol. The molecule has 4 heteroatoms. The van der Waals surface area contributed by atoms with Gasteiger partial charge in [-0.25, -0.2) is 0 Å². The van der Waals surface area contributed by atoms with Crippen LogP contribution in [0.1, 0.15) is 57.3 Å². The predicted molar refractivity (Wildman–Crippen MR) is 190 cm³/mol. The van der Waals surface area contributed by atoms with E-state index in [1.165, 1.54) is 45.6 Å². The van der Waals surface area contributed by atoms with E-state index in [0.29, 0.717) is 19.2 Å². The van der Waals surface area contributed by atoms with Crippen molar-refractivity contribution in [3.8, 4) is 22.3 Å². The third-order valence-corrected chi connectivity index (χ3v) is 41.9. The molecule has 218 valence electrons.